The lowest BCUT2D eigenvalue weighted by Crippen LogP contribution is -2.43. The molecule has 2 amide bonds. The van der Waals surface area contributed by atoms with Crippen molar-refractivity contribution >= 4 is 52.3 Å². The van der Waals surface area contributed by atoms with Crippen LogP contribution in [0.3, 0.4) is 0 Å². The van der Waals surface area contributed by atoms with E-state index in [-0.39, 0.29) is 17.0 Å². The van der Waals surface area contributed by atoms with E-state index in [4.69, 9.17) is 34.8 Å². The third-order valence-corrected chi connectivity index (χ3v) is 4.56. The molecule has 2 aromatic rings. The Balaban J connectivity index is 1.76. The molecule has 1 aromatic carbocycles. The molecular formula is C17H14Cl3N3O2. The third kappa shape index (κ3) is 4.24. The molecule has 1 N–H and O–H groups in total. The number of nitrogens with zero attached hydrogens (tertiary/aromatic N) is 2. The van der Waals surface area contributed by atoms with E-state index in [1.165, 1.54) is 12.3 Å². The molecule has 1 unspecified atom stereocenters. The van der Waals surface area contributed by atoms with E-state index in [1.54, 1.807) is 29.2 Å². The summed E-state index contributed by atoms with van der Waals surface area (Å²) >= 11 is 17.7. The molecule has 1 fully saturated rings. The van der Waals surface area contributed by atoms with E-state index in [2.05, 4.69) is 10.3 Å². The summed E-state index contributed by atoms with van der Waals surface area (Å²) in [6, 6.07) is 7.31. The van der Waals surface area contributed by atoms with Gasteiger partial charge in [-0.3, -0.25) is 9.59 Å². The van der Waals surface area contributed by atoms with Gasteiger partial charge in [0, 0.05) is 34.0 Å². The van der Waals surface area contributed by atoms with Crippen molar-refractivity contribution < 1.29 is 9.59 Å². The van der Waals surface area contributed by atoms with Crippen LogP contribution in [0.25, 0.3) is 0 Å². The van der Waals surface area contributed by atoms with Crippen LogP contribution in [0.5, 0.6) is 0 Å². The maximum Gasteiger partial charge on any atom is 0.254 e. The summed E-state index contributed by atoms with van der Waals surface area (Å²) < 4.78 is 0. The van der Waals surface area contributed by atoms with Gasteiger partial charge in [0.05, 0.1) is 0 Å². The second-order valence-corrected chi connectivity index (χ2v) is 6.93. The summed E-state index contributed by atoms with van der Waals surface area (Å²) in [6.07, 6.45) is 2.80. The molecule has 0 spiro atoms. The zero-order valence-electron chi connectivity index (χ0n) is 13.0. The summed E-state index contributed by atoms with van der Waals surface area (Å²) in [5.74, 6) is -0.518. The van der Waals surface area contributed by atoms with E-state index >= 15 is 0 Å². The van der Waals surface area contributed by atoms with Crippen LogP contribution in [0.4, 0.5) is 5.69 Å². The second kappa shape index (κ2) is 7.60. The molecule has 1 aromatic heterocycles. The molecule has 130 valence electrons. The van der Waals surface area contributed by atoms with Gasteiger partial charge >= 0.3 is 0 Å². The molecule has 0 radical (unpaired) electrons. The number of amides is 2. The van der Waals surface area contributed by atoms with Gasteiger partial charge in [-0.1, -0.05) is 34.8 Å². The number of carbonyl (C=O) groups excluding carboxylic acids is 2. The number of nitrogens with one attached hydrogen (secondary N) is 1. The van der Waals surface area contributed by atoms with Gasteiger partial charge in [0.2, 0.25) is 5.91 Å². The number of benzene rings is 1. The highest BCUT2D eigenvalue weighted by Gasteiger charge is 2.34. The SMILES string of the molecule is O=C(Nc1cc(Cl)cc(Cl)c1)C1CCCN1C(=O)c1ccnc(Cl)c1. The number of likely N-dealkylation sites (tertiary alicyclic amines) is 1. The van der Waals surface area contributed by atoms with Crippen molar-refractivity contribution in [3.05, 3.63) is 57.3 Å². The monoisotopic (exact) mass is 397 g/mol. The molecule has 2 heterocycles. The highest BCUT2D eigenvalue weighted by Crippen LogP contribution is 2.25. The number of pyridine rings is 1. The second-order valence-electron chi connectivity index (χ2n) is 5.67. The summed E-state index contributed by atoms with van der Waals surface area (Å²) in [5.41, 5.74) is 0.902. The van der Waals surface area contributed by atoms with Crippen LogP contribution < -0.4 is 5.32 Å². The lowest BCUT2D eigenvalue weighted by molar-refractivity contribution is -0.119. The maximum atomic E-state index is 12.7. The van der Waals surface area contributed by atoms with Gasteiger partial charge in [0.1, 0.15) is 11.2 Å². The Morgan fingerprint density at radius 1 is 1.12 bits per heavy atom. The summed E-state index contributed by atoms with van der Waals surface area (Å²) in [7, 11) is 0. The van der Waals surface area contributed by atoms with Crippen LogP contribution >= 0.6 is 34.8 Å². The first-order valence-electron chi connectivity index (χ1n) is 7.63. The van der Waals surface area contributed by atoms with Crippen molar-refractivity contribution in [1.82, 2.24) is 9.88 Å². The van der Waals surface area contributed by atoms with Crippen LogP contribution in [0.1, 0.15) is 23.2 Å². The van der Waals surface area contributed by atoms with Crippen molar-refractivity contribution in [2.45, 2.75) is 18.9 Å². The van der Waals surface area contributed by atoms with Crippen LogP contribution in [0.15, 0.2) is 36.5 Å². The van der Waals surface area contributed by atoms with Crippen LogP contribution in [-0.2, 0) is 4.79 Å². The molecule has 5 nitrogen and oxygen atoms in total. The van der Waals surface area contributed by atoms with E-state index in [0.717, 1.165) is 6.42 Å². The minimum atomic E-state index is -0.558. The average Bonchev–Trinajstić information content (AvgIpc) is 3.02. The van der Waals surface area contributed by atoms with Crippen LogP contribution in [-0.4, -0.2) is 34.3 Å². The fourth-order valence-corrected chi connectivity index (χ4v) is 3.54. The lowest BCUT2D eigenvalue weighted by atomic mass is 10.1. The molecule has 25 heavy (non-hydrogen) atoms. The lowest BCUT2D eigenvalue weighted by Gasteiger charge is -2.24. The first kappa shape index (κ1) is 18.0. The predicted molar refractivity (Wildman–Crippen MR) is 98.4 cm³/mol. The summed E-state index contributed by atoms with van der Waals surface area (Å²) in [5, 5.41) is 3.86. The smallest absolute Gasteiger partial charge is 0.254 e. The van der Waals surface area contributed by atoms with Crippen molar-refractivity contribution in [2.75, 3.05) is 11.9 Å². The first-order chi connectivity index (χ1) is 11.9. The number of carbonyl (C=O) groups is 2. The van der Waals surface area contributed by atoms with Gasteiger partial charge in [-0.05, 0) is 43.2 Å². The van der Waals surface area contributed by atoms with Crippen molar-refractivity contribution in [3.8, 4) is 0 Å². The van der Waals surface area contributed by atoms with Gasteiger partial charge in [0.25, 0.3) is 5.91 Å². The van der Waals surface area contributed by atoms with E-state index < -0.39 is 6.04 Å². The Labute approximate surface area is 159 Å². The van der Waals surface area contributed by atoms with Gasteiger partial charge in [-0.15, -0.1) is 0 Å². The van der Waals surface area contributed by atoms with Crippen molar-refractivity contribution in [2.24, 2.45) is 0 Å². The standard InChI is InChI=1S/C17H14Cl3N3O2/c18-11-7-12(19)9-13(8-11)22-16(24)14-2-1-5-23(14)17(25)10-3-4-21-15(20)6-10/h3-4,6-9,14H,1-2,5H2,(H,22,24). The van der Waals surface area contributed by atoms with Gasteiger partial charge in [-0.2, -0.15) is 0 Å². The Kier molecular flexibility index (Phi) is 5.47. The van der Waals surface area contributed by atoms with Crippen LogP contribution in [0.2, 0.25) is 15.2 Å². The first-order valence-corrected chi connectivity index (χ1v) is 8.77. The van der Waals surface area contributed by atoms with Gasteiger partial charge < -0.3 is 10.2 Å². The normalized spacial score (nSPS) is 16.8. The van der Waals surface area contributed by atoms with Gasteiger partial charge in [-0.25, -0.2) is 4.98 Å². The van der Waals surface area contributed by atoms with E-state index in [1.807, 2.05) is 0 Å². The zero-order chi connectivity index (χ0) is 18.0. The fourth-order valence-electron chi connectivity index (χ4n) is 2.84. The molecule has 8 heteroatoms. The van der Waals surface area contributed by atoms with Crippen molar-refractivity contribution in [1.29, 1.82) is 0 Å². The Morgan fingerprint density at radius 2 is 1.84 bits per heavy atom. The fraction of sp³-hybridized carbons (Fsp3) is 0.235. The highest BCUT2D eigenvalue weighted by molar-refractivity contribution is 6.35. The molecule has 1 aliphatic rings. The molecule has 1 atom stereocenters. The largest absolute Gasteiger partial charge is 0.327 e. The Hall–Kier alpha value is -1.82. The quantitative estimate of drug-likeness (QED) is 0.785. The molecule has 0 aliphatic carbocycles. The maximum absolute atomic E-state index is 12.7. The highest BCUT2D eigenvalue weighted by atomic mass is 35.5. The van der Waals surface area contributed by atoms with E-state index in [9.17, 15) is 9.59 Å². The third-order valence-electron chi connectivity index (χ3n) is 3.92. The van der Waals surface area contributed by atoms with E-state index in [0.29, 0.717) is 34.3 Å². The number of hydrogen-bond acceptors (Lipinski definition) is 3. The van der Waals surface area contributed by atoms with Gasteiger partial charge in [0.15, 0.2) is 0 Å². The Bertz CT molecular complexity index is 808. The summed E-state index contributed by atoms with van der Waals surface area (Å²) in [6.45, 7) is 0.507. The molecule has 1 saturated heterocycles. The topological polar surface area (TPSA) is 62.3 Å². The molecular weight excluding hydrogens is 385 g/mol. The number of anilines is 1. The summed E-state index contributed by atoms with van der Waals surface area (Å²) in [4.78, 5) is 30.7. The minimum absolute atomic E-state index is 0.236. The molecule has 0 bridgehead atoms. The van der Waals surface area contributed by atoms with Crippen LogP contribution in [0, 0.1) is 0 Å². The molecule has 3 rings (SSSR count). The number of rotatable bonds is 3. The molecule has 1 aliphatic heterocycles. The predicted octanol–water partition coefficient (Wildman–Crippen LogP) is 4.29. The number of aromatic nitrogens is 1. The Morgan fingerprint density at radius 3 is 2.52 bits per heavy atom. The average molecular weight is 399 g/mol. The number of hydrogen-bond donors (Lipinski definition) is 1. The number of halogens is 3. The molecule has 0 saturated carbocycles. The van der Waals surface area contributed by atoms with Crippen molar-refractivity contribution in [3.63, 3.8) is 0 Å². The zero-order valence-corrected chi connectivity index (χ0v) is 15.3. The minimum Gasteiger partial charge on any atom is -0.327 e.